The van der Waals surface area contributed by atoms with E-state index in [2.05, 4.69) is 17.6 Å². The van der Waals surface area contributed by atoms with Gasteiger partial charge in [-0.25, -0.2) is 0 Å². The molecule has 1 saturated heterocycles. The molecule has 1 atom stereocenters. The molecule has 0 bridgehead atoms. The van der Waals surface area contributed by atoms with Gasteiger partial charge in [0.1, 0.15) is 11.3 Å². The summed E-state index contributed by atoms with van der Waals surface area (Å²) in [5.74, 6) is 0.505. The van der Waals surface area contributed by atoms with Crippen molar-refractivity contribution in [3.05, 3.63) is 36.1 Å². The maximum Gasteiger partial charge on any atom is 0.230 e. The fourth-order valence-corrected chi connectivity index (χ4v) is 3.01. The molecule has 0 spiro atoms. The number of benzene rings is 1. The van der Waals surface area contributed by atoms with Crippen molar-refractivity contribution in [2.75, 3.05) is 19.6 Å². The van der Waals surface area contributed by atoms with Crippen LogP contribution < -0.4 is 10.6 Å². The molecule has 2 heterocycles. The standard InChI is InChI=1S/C18H24N2O2/c1-13(16-11-14-5-3-4-6-15(14)22-16)17(21)20-12-18(2)7-9-19-10-8-18/h3-6,11,13,19H,7-10,12H2,1-2H3,(H,20,21). The van der Waals surface area contributed by atoms with Crippen molar-refractivity contribution in [3.8, 4) is 0 Å². The molecule has 2 aromatic rings. The van der Waals surface area contributed by atoms with Crippen LogP contribution in [0, 0.1) is 5.41 Å². The van der Waals surface area contributed by atoms with Crippen molar-refractivity contribution in [2.24, 2.45) is 5.41 Å². The van der Waals surface area contributed by atoms with E-state index >= 15 is 0 Å². The Morgan fingerprint density at radius 2 is 2.09 bits per heavy atom. The lowest BCUT2D eigenvalue weighted by Gasteiger charge is -2.34. The van der Waals surface area contributed by atoms with E-state index in [1.54, 1.807) is 0 Å². The number of fused-ring (bicyclic) bond motifs is 1. The highest BCUT2D eigenvalue weighted by Crippen LogP contribution is 2.28. The molecule has 1 aliphatic heterocycles. The van der Waals surface area contributed by atoms with Crippen molar-refractivity contribution in [1.82, 2.24) is 10.6 Å². The van der Waals surface area contributed by atoms with Crippen LogP contribution in [0.2, 0.25) is 0 Å². The summed E-state index contributed by atoms with van der Waals surface area (Å²) >= 11 is 0. The van der Waals surface area contributed by atoms with Crippen LogP contribution in [-0.2, 0) is 4.79 Å². The molecule has 118 valence electrons. The zero-order chi connectivity index (χ0) is 15.6. The van der Waals surface area contributed by atoms with Gasteiger partial charge in [0, 0.05) is 11.9 Å². The molecule has 3 rings (SSSR count). The molecule has 1 unspecified atom stereocenters. The van der Waals surface area contributed by atoms with Crippen molar-refractivity contribution in [2.45, 2.75) is 32.6 Å². The van der Waals surface area contributed by atoms with Crippen molar-refractivity contribution < 1.29 is 9.21 Å². The quantitative estimate of drug-likeness (QED) is 0.912. The summed E-state index contributed by atoms with van der Waals surface area (Å²) in [6.07, 6.45) is 2.21. The van der Waals surface area contributed by atoms with Gasteiger partial charge in [-0.1, -0.05) is 25.1 Å². The van der Waals surface area contributed by atoms with Gasteiger partial charge in [0.15, 0.2) is 0 Å². The van der Waals surface area contributed by atoms with Gasteiger partial charge in [-0.15, -0.1) is 0 Å². The Balaban J connectivity index is 1.64. The second-order valence-electron chi connectivity index (χ2n) is 6.69. The van der Waals surface area contributed by atoms with E-state index < -0.39 is 0 Å². The van der Waals surface area contributed by atoms with Gasteiger partial charge in [-0.3, -0.25) is 4.79 Å². The molecule has 1 aliphatic rings. The molecule has 0 radical (unpaired) electrons. The first-order valence-electron chi connectivity index (χ1n) is 8.04. The molecule has 0 saturated carbocycles. The Morgan fingerprint density at radius 1 is 1.36 bits per heavy atom. The largest absolute Gasteiger partial charge is 0.460 e. The third-order valence-electron chi connectivity index (χ3n) is 4.76. The minimum atomic E-state index is -0.266. The van der Waals surface area contributed by atoms with Gasteiger partial charge in [-0.05, 0) is 50.4 Å². The van der Waals surface area contributed by atoms with Gasteiger partial charge in [0.05, 0.1) is 5.92 Å². The number of hydrogen-bond donors (Lipinski definition) is 2. The zero-order valence-corrected chi connectivity index (χ0v) is 13.3. The molecule has 2 N–H and O–H groups in total. The van der Waals surface area contributed by atoms with Gasteiger partial charge < -0.3 is 15.1 Å². The molecule has 4 nitrogen and oxygen atoms in total. The van der Waals surface area contributed by atoms with Crippen LogP contribution >= 0.6 is 0 Å². The Hall–Kier alpha value is -1.81. The number of piperidine rings is 1. The fraction of sp³-hybridized carbons (Fsp3) is 0.500. The third kappa shape index (κ3) is 3.17. The normalized spacial score (nSPS) is 19.0. The number of rotatable bonds is 4. The summed E-state index contributed by atoms with van der Waals surface area (Å²) < 4.78 is 5.80. The maximum absolute atomic E-state index is 12.4. The summed E-state index contributed by atoms with van der Waals surface area (Å²) in [4.78, 5) is 12.4. The van der Waals surface area contributed by atoms with Crippen molar-refractivity contribution in [1.29, 1.82) is 0 Å². The first kappa shape index (κ1) is 15.1. The fourth-order valence-electron chi connectivity index (χ4n) is 3.01. The monoisotopic (exact) mass is 300 g/mol. The van der Waals surface area contributed by atoms with Gasteiger partial charge >= 0.3 is 0 Å². The smallest absolute Gasteiger partial charge is 0.230 e. The Kier molecular flexibility index (Phi) is 4.21. The number of furan rings is 1. The molecular formula is C18H24N2O2. The molecule has 1 aromatic heterocycles. The Bertz CT molecular complexity index is 623. The number of nitrogens with one attached hydrogen (secondary N) is 2. The molecule has 1 fully saturated rings. The molecule has 1 aromatic carbocycles. The second-order valence-corrected chi connectivity index (χ2v) is 6.69. The SMILES string of the molecule is CC(C(=O)NCC1(C)CCNCC1)c1cc2ccccc2o1. The van der Waals surface area contributed by atoms with Crippen molar-refractivity contribution in [3.63, 3.8) is 0 Å². The van der Waals surface area contributed by atoms with Crippen LogP contribution in [0.15, 0.2) is 34.7 Å². The lowest BCUT2D eigenvalue weighted by atomic mass is 9.81. The molecule has 22 heavy (non-hydrogen) atoms. The highest BCUT2D eigenvalue weighted by atomic mass is 16.3. The third-order valence-corrected chi connectivity index (χ3v) is 4.76. The Labute approximate surface area is 131 Å². The highest BCUT2D eigenvalue weighted by molar-refractivity contribution is 5.85. The van der Waals surface area contributed by atoms with E-state index in [4.69, 9.17) is 4.42 Å². The Morgan fingerprint density at radius 3 is 2.82 bits per heavy atom. The second kappa shape index (κ2) is 6.13. The van der Waals surface area contributed by atoms with Gasteiger partial charge in [-0.2, -0.15) is 0 Å². The predicted molar refractivity (Wildman–Crippen MR) is 87.8 cm³/mol. The lowest BCUT2D eigenvalue weighted by Crippen LogP contribution is -2.43. The molecule has 4 heteroatoms. The number of amides is 1. The van der Waals surface area contributed by atoms with Crippen molar-refractivity contribution >= 4 is 16.9 Å². The van der Waals surface area contributed by atoms with Crippen LogP contribution in [0.4, 0.5) is 0 Å². The average Bonchev–Trinajstić information content (AvgIpc) is 2.96. The van der Waals surface area contributed by atoms with Gasteiger partial charge in [0.2, 0.25) is 5.91 Å². The number of hydrogen-bond acceptors (Lipinski definition) is 3. The topological polar surface area (TPSA) is 54.3 Å². The summed E-state index contributed by atoms with van der Waals surface area (Å²) in [7, 11) is 0. The molecular weight excluding hydrogens is 276 g/mol. The molecule has 0 aliphatic carbocycles. The summed E-state index contributed by atoms with van der Waals surface area (Å²) in [6.45, 7) is 6.95. The van der Waals surface area contributed by atoms with E-state index in [-0.39, 0.29) is 17.2 Å². The first-order valence-corrected chi connectivity index (χ1v) is 8.04. The summed E-state index contributed by atoms with van der Waals surface area (Å²) in [5.41, 5.74) is 1.04. The van der Waals surface area contributed by atoms with Crippen LogP contribution in [0.5, 0.6) is 0 Å². The van der Waals surface area contributed by atoms with Crippen LogP contribution in [0.3, 0.4) is 0 Å². The predicted octanol–water partition coefficient (Wildman–Crippen LogP) is 3.04. The number of carbonyl (C=O) groups excluding carboxylic acids is 1. The van der Waals surface area contributed by atoms with E-state index in [9.17, 15) is 4.79 Å². The maximum atomic E-state index is 12.4. The average molecular weight is 300 g/mol. The van der Waals surface area contributed by atoms with Crippen LogP contribution in [-0.4, -0.2) is 25.5 Å². The zero-order valence-electron chi connectivity index (χ0n) is 13.3. The minimum absolute atomic E-state index is 0.0406. The summed E-state index contributed by atoms with van der Waals surface area (Å²) in [5, 5.41) is 7.52. The van der Waals surface area contributed by atoms with Crippen LogP contribution in [0.25, 0.3) is 11.0 Å². The van der Waals surface area contributed by atoms with Gasteiger partial charge in [0.25, 0.3) is 0 Å². The summed E-state index contributed by atoms with van der Waals surface area (Å²) in [6, 6.07) is 9.82. The lowest BCUT2D eigenvalue weighted by molar-refractivity contribution is -0.123. The van der Waals surface area contributed by atoms with E-state index in [1.807, 2.05) is 37.3 Å². The van der Waals surface area contributed by atoms with Crippen LogP contribution in [0.1, 0.15) is 38.4 Å². The molecule has 1 amide bonds. The highest BCUT2D eigenvalue weighted by Gasteiger charge is 2.28. The first-order chi connectivity index (χ1) is 10.6. The van der Waals surface area contributed by atoms with E-state index in [0.29, 0.717) is 0 Å². The van der Waals surface area contributed by atoms with E-state index in [1.165, 1.54) is 0 Å². The van der Waals surface area contributed by atoms with E-state index in [0.717, 1.165) is 49.2 Å². The number of carbonyl (C=O) groups is 1. The minimum Gasteiger partial charge on any atom is -0.460 e. The number of para-hydroxylation sites is 1.